The topological polar surface area (TPSA) is 20.2 Å². The number of rotatable bonds is 5. The van der Waals surface area contributed by atoms with Gasteiger partial charge in [-0.3, -0.25) is 0 Å². The summed E-state index contributed by atoms with van der Waals surface area (Å²) in [5.74, 6) is 0.583. The minimum atomic E-state index is -0.181. The molecule has 0 aliphatic rings. The molecular weight excluding hydrogens is 184 g/mol. The van der Waals surface area contributed by atoms with E-state index in [-0.39, 0.29) is 6.10 Å². The van der Waals surface area contributed by atoms with Gasteiger partial charge in [-0.1, -0.05) is 51.5 Å². The van der Waals surface area contributed by atoms with Crippen LogP contribution in [0, 0.1) is 0 Å². The highest BCUT2D eigenvalue weighted by Crippen LogP contribution is 2.16. The molecule has 0 saturated heterocycles. The lowest BCUT2D eigenvalue weighted by atomic mass is 9.99. The molecular formula is C14H22O. The van der Waals surface area contributed by atoms with E-state index in [1.807, 2.05) is 0 Å². The first kappa shape index (κ1) is 12.3. The maximum atomic E-state index is 9.68. The summed E-state index contributed by atoms with van der Waals surface area (Å²) in [5.41, 5.74) is 2.60. The normalized spacial score (nSPS) is 13.1. The number of hydrogen-bond donors (Lipinski definition) is 1. The zero-order valence-corrected chi connectivity index (χ0v) is 10.0. The van der Waals surface area contributed by atoms with Crippen LogP contribution in [0.15, 0.2) is 24.3 Å². The molecule has 84 valence electrons. The van der Waals surface area contributed by atoms with Crippen molar-refractivity contribution in [3.8, 4) is 0 Å². The molecule has 1 unspecified atom stereocenters. The molecule has 0 radical (unpaired) electrons. The molecule has 0 fully saturated rings. The molecule has 0 spiro atoms. The van der Waals surface area contributed by atoms with Crippen LogP contribution in [0.2, 0.25) is 0 Å². The van der Waals surface area contributed by atoms with Gasteiger partial charge >= 0.3 is 0 Å². The van der Waals surface area contributed by atoms with Crippen molar-refractivity contribution in [2.45, 2.75) is 52.1 Å². The Bertz CT molecular complexity index is 274. The summed E-state index contributed by atoms with van der Waals surface area (Å²) >= 11 is 0. The zero-order valence-electron chi connectivity index (χ0n) is 10.0. The number of hydrogen-bond acceptors (Lipinski definition) is 1. The highest BCUT2D eigenvalue weighted by Gasteiger charge is 2.04. The lowest BCUT2D eigenvalue weighted by Gasteiger charge is -2.10. The predicted molar refractivity (Wildman–Crippen MR) is 65.1 cm³/mol. The van der Waals surface area contributed by atoms with Gasteiger partial charge in [0.2, 0.25) is 0 Å². The average molecular weight is 206 g/mol. The Balaban J connectivity index is 2.56. The van der Waals surface area contributed by atoms with Crippen molar-refractivity contribution >= 4 is 0 Å². The molecule has 1 aromatic carbocycles. The average Bonchev–Trinajstić information content (AvgIpc) is 2.18. The molecule has 0 aromatic heterocycles. The van der Waals surface area contributed by atoms with E-state index in [0.29, 0.717) is 5.92 Å². The molecule has 1 N–H and O–H groups in total. The van der Waals surface area contributed by atoms with Crippen molar-refractivity contribution in [2.24, 2.45) is 0 Å². The van der Waals surface area contributed by atoms with Crippen molar-refractivity contribution in [3.05, 3.63) is 35.4 Å². The van der Waals surface area contributed by atoms with Gasteiger partial charge in [-0.25, -0.2) is 0 Å². The first-order chi connectivity index (χ1) is 7.13. The van der Waals surface area contributed by atoms with Gasteiger partial charge in [-0.2, -0.15) is 0 Å². The molecule has 0 amide bonds. The fraction of sp³-hybridized carbons (Fsp3) is 0.571. The Morgan fingerprint density at radius 2 is 1.73 bits per heavy atom. The van der Waals surface area contributed by atoms with Gasteiger partial charge in [-0.05, 0) is 29.9 Å². The second-order valence-electron chi connectivity index (χ2n) is 4.54. The zero-order chi connectivity index (χ0) is 11.3. The van der Waals surface area contributed by atoms with Crippen molar-refractivity contribution in [1.29, 1.82) is 0 Å². The van der Waals surface area contributed by atoms with Crippen molar-refractivity contribution in [1.82, 2.24) is 0 Å². The highest BCUT2D eigenvalue weighted by atomic mass is 16.3. The highest BCUT2D eigenvalue weighted by molar-refractivity contribution is 5.25. The van der Waals surface area contributed by atoms with E-state index in [2.05, 4.69) is 45.0 Å². The van der Waals surface area contributed by atoms with Gasteiger partial charge in [0, 0.05) is 0 Å². The maximum absolute atomic E-state index is 9.68. The first-order valence-corrected chi connectivity index (χ1v) is 5.90. The van der Waals surface area contributed by atoms with Crippen LogP contribution in [0.25, 0.3) is 0 Å². The summed E-state index contributed by atoms with van der Waals surface area (Å²) in [4.78, 5) is 0. The second kappa shape index (κ2) is 5.92. The van der Waals surface area contributed by atoms with Crippen LogP contribution in [0.3, 0.4) is 0 Å². The molecule has 1 atom stereocenters. The van der Waals surface area contributed by atoms with Crippen LogP contribution in [0.4, 0.5) is 0 Å². The lowest BCUT2D eigenvalue weighted by molar-refractivity contribution is 0.164. The van der Waals surface area contributed by atoms with E-state index in [1.54, 1.807) is 0 Å². The number of aliphatic hydroxyl groups excluding tert-OH is 1. The molecule has 0 heterocycles. The smallest absolute Gasteiger partial charge is 0.0580 e. The van der Waals surface area contributed by atoms with Crippen LogP contribution >= 0.6 is 0 Å². The molecule has 0 aliphatic carbocycles. The van der Waals surface area contributed by atoms with E-state index in [9.17, 15) is 5.11 Å². The van der Waals surface area contributed by atoms with E-state index >= 15 is 0 Å². The van der Waals surface area contributed by atoms with E-state index in [4.69, 9.17) is 0 Å². The molecule has 15 heavy (non-hydrogen) atoms. The van der Waals surface area contributed by atoms with Crippen LogP contribution in [0.1, 0.15) is 50.7 Å². The van der Waals surface area contributed by atoms with Gasteiger partial charge in [0.15, 0.2) is 0 Å². The summed E-state index contributed by atoms with van der Waals surface area (Å²) in [5, 5.41) is 9.68. The number of benzene rings is 1. The van der Waals surface area contributed by atoms with Crippen LogP contribution in [-0.4, -0.2) is 11.2 Å². The first-order valence-electron chi connectivity index (χ1n) is 5.90. The summed E-state index contributed by atoms with van der Waals surface area (Å²) in [6.45, 7) is 6.49. The molecule has 1 aromatic rings. The minimum Gasteiger partial charge on any atom is -0.393 e. The Labute approximate surface area is 93.1 Å². The number of aliphatic hydroxyl groups is 1. The summed E-state index contributed by atoms with van der Waals surface area (Å²) < 4.78 is 0. The van der Waals surface area contributed by atoms with Crippen LogP contribution in [0.5, 0.6) is 0 Å². The van der Waals surface area contributed by atoms with Crippen LogP contribution in [-0.2, 0) is 6.42 Å². The van der Waals surface area contributed by atoms with E-state index in [1.165, 1.54) is 11.1 Å². The lowest BCUT2D eigenvalue weighted by Crippen LogP contribution is -2.09. The van der Waals surface area contributed by atoms with E-state index in [0.717, 1.165) is 19.3 Å². The van der Waals surface area contributed by atoms with Gasteiger partial charge in [0.05, 0.1) is 6.10 Å². The summed E-state index contributed by atoms with van der Waals surface area (Å²) in [6.07, 6.45) is 2.54. The quantitative estimate of drug-likeness (QED) is 0.781. The molecule has 0 saturated carbocycles. The fourth-order valence-corrected chi connectivity index (χ4v) is 1.75. The maximum Gasteiger partial charge on any atom is 0.0580 e. The van der Waals surface area contributed by atoms with Crippen molar-refractivity contribution < 1.29 is 5.11 Å². The third-order valence-corrected chi connectivity index (χ3v) is 2.74. The standard InChI is InChI=1S/C14H22O/c1-4-5-14(15)10-12-6-8-13(9-7-12)11(2)3/h6-9,11,14-15H,4-5,10H2,1-3H3. The third-order valence-electron chi connectivity index (χ3n) is 2.74. The molecule has 1 rings (SSSR count). The van der Waals surface area contributed by atoms with Gasteiger partial charge < -0.3 is 5.11 Å². The molecule has 1 heteroatoms. The van der Waals surface area contributed by atoms with Gasteiger partial charge in [0.25, 0.3) is 0 Å². The van der Waals surface area contributed by atoms with Gasteiger partial charge in [-0.15, -0.1) is 0 Å². The van der Waals surface area contributed by atoms with Gasteiger partial charge in [0.1, 0.15) is 0 Å². The Morgan fingerprint density at radius 3 is 2.20 bits per heavy atom. The fourth-order valence-electron chi connectivity index (χ4n) is 1.75. The molecule has 1 nitrogen and oxygen atoms in total. The summed E-state index contributed by atoms with van der Waals surface area (Å²) in [6, 6.07) is 8.60. The SMILES string of the molecule is CCCC(O)Cc1ccc(C(C)C)cc1. The molecule has 0 bridgehead atoms. The summed E-state index contributed by atoms with van der Waals surface area (Å²) in [7, 11) is 0. The van der Waals surface area contributed by atoms with Crippen LogP contribution < -0.4 is 0 Å². The predicted octanol–water partition coefficient (Wildman–Crippen LogP) is 3.51. The Hall–Kier alpha value is -0.820. The van der Waals surface area contributed by atoms with E-state index < -0.39 is 0 Å². The second-order valence-corrected chi connectivity index (χ2v) is 4.54. The largest absolute Gasteiger partial charge is 0.393 e. The minimum absolute atomic E-state index is 0.181. The monoisotopic (exact) mass is 206 g/mol. The molecule has 0 aliphatic heterocycles. The van der Waals surface area contributed by atoms with Crippen molar-refractivity contribution in [3.63, 3.8) is 0 Å². The van der Waals surface area contributed by atoms with Crippen molar-refractivity contribution in [2.75, 3.05) is 0 Å². The Kier molecular flexibility index (Phi) is 4.83. The Morgan fingerprint density at radius 1 is 1.13 bits per heavy atom. The third kappa shape index (κ3) is 4.05.